The normalized spacial score (nSPS) is 19.4. The van der Waals surface area contributed by atoms with Crippen LogP contribution in [-0.2, 0) is 16.0 Å². The van der Waals surface area contributed by atoms with Gasteiger partial charge in [0.05, 0.1) is 6.04 Å². The van der Waals surface area contributed by atoms with Gasteiger partial charge in [-0.3, -0.25) is 4.79 Å². The number of hydrogen-bond donors (Lipinski definition) is 1. The van der Waals surface area contributed by atoms with Crippen molar-refractivity contribution in [3.8, 4) is 0 Å². The van der Waals surface area contributed by atoms with Crippen LogP contribution in [0.1, 0.15) is 37.4 Å². The van der Waals surface area contributed by atoms with Crippen molar-refractivity contribution in [3.05, 3.63) is 35.1 Å². The van der Waals surface area contributed by atoms with Gasteiger partial charge >= 0.3 is 0 Å². The average Bonchev–Trinajstić information content (AvgIpc) is 2.74. The van der Waals surface area contributed by atoms with Crippen LogP contribution in [0.15, 0.2) is 18.2 Å². The standard InChI is InChI=1S/C14H18FNO2/c1-3-18-9(2)14(17)16-13-8-7-10-11(13)5-4-6-12(10)15/h4-6,9,13H,3,7-8H2,1-2H3,(H,16,17)/t9-,13+/m1/s1. The monoisotopic (exact) mass is 251 g/mol. The Balaban J connectivity index is 2.06. The van der Waals surface area contributed by atoms with Crippen LogP contribution < -0.4 is 5.32 Å². The number of benzene rings is 1. The molecule has 0 aliphatic heterocycles. The third-order valence-corrected chi connectivity index (χ3v) is 3.32. The largest absolute Gasteiger partial charge is 0.369 e. The number of carbonyl (C=O) groups excluding carboxylic acids is 1. The van der Waals surface area contributed by atoms with Crippen LogP contribution in [0.25, 0.3) is 0 Å². The number of amides is 1. The van der Waals surface area contributed by atoms with Gasteiger partial charge in [0.25, 0.3) is 0 Å². The lowest BCUT2D eigenvalue weighted by Crippen LogP contribution is -2.36. The molecule has 1 aromatic rings. The quantitative estimate of drug-likeness (QED) is 0.892. The van der Waals surface area contributed by atoms with E-state index in [4.69, 9.17) is 4.74 Å². The van der Waals surface area contributed by atoms with E-state index < -0.39 is 6.10 Å². The smallest absolute Gasteiger partial charge is 0.249 e. The molecule has 18 heavy (non-hydrogen) atoms. The van der Waals surface area contributed by atoms with Crippen molar-refractivity contribution in [3.63, 3.8) is 0 Å². The lowest BCUT2D eigenvalue weighted by atomic mass is 10.1. The van der Waals surface area contributed by atoms with Crippen LogP contribution in [0.2, 0.25) is 0 Å². The highest BCUT2D eigenvalue weighted by Crippen LogP contribution is 2.32. The Labute approximate surface area is 106 Å². The van der Waals surface area contributed by atoms with E-state index in [1.807, 2.05) is 13.0 Å². The van der Waals surface area contributed by atoms with Crippen molar-refractivity contribution in [1.82, 2.24) is 5.32 Å². The van der Waals surface area contributed by atoms with Gasteiger partial charge in [0.1, 0.15) is 11.9 Å². The lowest BCUT2D eigenvalue weighted by Gasteiger charge is -2.17. The topological polar surface area (TPSA) is 38.3 Å². The van der Waals surface area contributed by atoms with Crippen LogP contribution in [-0.4, -0.2) is 18.6 Å². The van der Waals surface area contributed by atoms with Crippen LogP contribution in [0.5, 0.6) is 0 Å². The Morgan fingerprint density at radius 3 is 3.11 bits per heavy atom. The van der Waals surface area contributed by atoms with Gasteiger partial charge in [0, 0.05) is 6.61 Å². The zero-order valence-corrected chi connectivity index (χ0v) is 10.7. The van der Waals surface area contributed by atoms with Gasteiger partial charge in [-0.1, -0.05) is 12.1 Å². The molecule has 0 radical (unpaired) electrons. The van der Waals surface area contributed by atoms with E-state index in [0.29, 0.717) is 13.0 Å². The van der Waals surface area contributed by atoms with Gasteiger partial charge in [-0.15, -0.1) is 0 Å². The van der Waals surface area contributed by atoms with E-state index in [1.165, 1.54) is 6.07 Å². The molecule has 1 amide bonds. The Hall–Kier alpha value is -1.42. The summed E-state index contributed by atoms with van der Waals surface area (Å²) in [6, 6.07) is 4.93. The first kappa shape index (κ1) is 13.0. The molecule has 0 saturated carbocycles. The zero-order valence-electron chi connectivity index (χ0n) is 10.7. The molecule has 1 aliphatic rings. The predicted octanol–water partition coefficient (Wildman–Crippen LogP) is 2.35. The first-order valence-corrected chi connectivity index (χ1v) is 6.32. The molecule has 0 fully saturated rings. The fourth-order valence-corrected chi connectivity index (χ4v) is 2.37. The third kappa shape index (κ3) is 2.53. The highest BCUT2D eigenvalue weighted by Gasteiger charge is 2.27. The summed E-state index contributed by atoms with van der Waals surface area (Å²) in [5, 5.41) is 2.92. The van der Waals surface area contributed by atoms with Crippen LogP contribution in [0, 0.1) is 5.82 Å². The van der Waals surface area contributed by atoms with E-state index in [0.717, 1.165) is 17.5 Å². The van der Waals surface area contributed by atoms with Gasteiger partial charge in [-0.25, -0.2) is 4.39 Å². The van der Waals surface area contributed by atoms with E-state index >= 15 is 0 Å². The second-order valence-corrected chi connectivity index (χ2v) is 4.51. The number of hydrogen-bond acceptors (Lipinski definition) is 2. The van der Waals surface area contributed by atoms with Crippen molar-refractivity contribution in [1.29, 1.82) is 0 Å². The van der Waals surface area contributed by atoms with E-state index in [-0.39, 0.29) is 17.8 Å². The Morgan fingerprint density at radius 2 is 2.39 bits per heavy atom. The third-order valence-electron chi connectivity index (χ3n) is 3.32. The molecule has 2 atom stereocenters. The van der Waals surface area contributed by atoms with E-state index in [1.54, 1.807) is 13.0 Å². The molecule has 0 spiro atoms. The fourth-order valence-electron chi connectivity index (χ4n) is 2.37. The summed E-state index contributed by atoms with van der Waals surface area (Å²) in [5.74, 6) is -0.318. The van der Waals surface area contributed by atoms with Gasteiger partial charge in [0.15, 0.2) is 0 Å². The number of ether oxygens (including phenoxy) is 1. The van der Waals surface area contributed by atoms with Crippen LogP contribution >= 0.6 is 0 Å². The molecule has 2 rings (SSSR count). The number of rotatable bonds is 4. The summed E-state index contributed by atoms with van der Waals surface area (Å²) in [6.07, 6.45) is 0.962. The average molecular weight is 251 g/mol. The number of halogens is 1. The van der Waals surface area contributed by atoms with E-state index in [9.17, 15) is 9.18 Å². The second kappa shape index (κ2) is 5.48. The molecule has 98 valence electrons. The molecule has 4 heteroatoms. The molecular formula is C14H18FNO2. The minimum absolute atomic E-state index is 0.0916. The summed E-state index contributed by atoms with van der Waals surface area (Å²) in [7, 11) is 0. The maximum Gasteiger partial charge on any atom is 0.249 e. The first-order chi connectivity index (χ1) is 8.63. The Kier molecular flexibility index (Phi) is 3.97. The zero-order chi connectivity index (χ0) is 13.1. The molecular weight excluding hydrogens is 233 g/mol. The summed E-state index contributed by atoms with van der Waals surface area (Å²) in [5.41, 5.74) is 1.62. The molecule has 0 aromatic heterocycles. The van der Waals surface area contributed by atoms with Gasteiger partial charge in [0.2, 0.25) is 5.91 Å². The van der Waals surface area contributed by atoms with Crippen molar-refractivity contribution in [2.45, 2.75) is 38.8 Å². The number of carbonyl (C=O) groups is 1. The molecule has 0 saturated heterocycles. The summed E-state index contributed by atoms with van der Waals surface area (Å²) >= 11 is 0. The SMILES string of the molecule is CCO[C@H](C)C(=O)N[C@H]1CCc2c(F)cccc21. The first-order valence-electron chi connectivity index (χ1n) is 6.32. The Morgan fingerprint density at radius 1 is 1.61 bits per heavy atom. The van der Waals surface area contributed by atoms with Crippen molar-refractivity contribution < 1.29 is 13.9 Å². The summed E-state index contributed by atoms with van der Waals surface area (Å²) in [6.45, 7) is 4.08. The molecule has 1 aromatic carbocycles. The predicted molar refractivity (Wildman–Crippen MR) is 66.7 cm³/mol. The number of fused-ring (bicyclic) bond motifs is 1. The van der Waals surface area contributed by atoms with Crippen LogP contribution in [0.3, 0.4) is 0 Å². The van der Waals surface area contributed by atoms with Crippen LogP contribution in [0.4, 0.5) is 4.39 Å². The summed E-state index contributed by atoms with van der Waals surface area (Å²) in [4.78, 5) is 11.9. The molecule has 3 nitrogen and oxygen atoms in total. The second-order valence-electron chi connectivity index (χ2n) is 4.51. The molecule has 1 N–H and O–H groups in total. The maximum absolute atomic E-state index is 13.5. The molecule has 0 heterocycles. The highest BCUT2D eigenvalue weighted by atomic mass is 19.1. The van der Waals surface area contributed by atoms with E-state index in [2.05, 4.69) is 5.32 Å². The molecule has 0 unspecified atom stereocenters. The van der Waals surface area contributed by atoms with Crippen molar-refractivity contribution >= 4 is 5.91 Å². The Bertz CT molecular complexity index is 447. The number of nitrogens with one attached hydrogen (secondary N) is 1. The minimum atomic E-state index is -0.465. The van der Waals surface area contributed by atoms with Crippen molar-refractivity contribution in [2.75, 3.05) is 6.61 Å². The van der Waals surface area contributed by atoms with Gasteiger partial charge < -0.3 is 10.1 Å². The lowest BCUT2D eigenvalue weighted by molar-refractivity contribution is -0.132. The van der Waals surface area contributed by atoms with Gasteiger partial charge in [-0.2, -0.15) is 0 Å². The maximum atomic E-state index is 13.5. The van der Waals surface area contributed by atoms with Gasteiger partial charge in [-0.05, 0) is 43.9 Å². The fraction of sp³-hybridized carbons (Fsp3) is 0.500. The molecule has 1 aliphatic carbocycles. The van der Waals surface area contributed by atoms with Crippen molar-refractivity contribution in [2.24, 2.45) is 0 Å². The highest BCUT2D eigenvalue weighted by molar-refractivity contribution is 5.81. The summed E-state index contributed by atoms with van der Waals surface area (Å²) < 4.78 is 18.8. The molecule has 0 bridgehead atoms. The minimum Gasteiger partial charge on any atom is -0.369 e.